The van der Waals surface area contributed by atoms with Crippen LogP contribution in [0.1, 0.15) is 15.9 Å². The molecule has 2 aromatic rings. The number of hydrogen-bond donors (Lipinski definition) is 2. The lowest BCUT2D eigenvalue weighted by molar-refractivity contribution is 0.0990. The molecule has 21 heavy (non-hydrogen) atoms. The predicted octanol–water partition coefficient (Wildman–Crippen LogP) is 2.91. The zero-order valence-corrected chi connectivity index (χ0v) is 14.2. The van der Waals surface area contributed by atoms with Crippen molar-refractivity contribution in [1.82, 2.24) is 0 Å². The molecule has 2 rings (SSSR count). The number of carbonyl (C=O) groups is 1. The van der Waals surface area contributed by atoms with E-state index >= 15 is 0 Å². The number of anilines is 1. The molecule has 0 unspecified atom stereocenters. The summed E-state index contributed by atoms with van der Waals surface area (Å²) in [7, 11) is 1.64. The van der Waals surface area contributed by atoms with Crippen LogP contribution in [0.5, 0.6) is 5.75 Å². The molecule has 4 nitrogen and oxygen atoms in total. The number of nitrogens with two attached hydrogens (primary N) is 1. The highest BCUT2D eigenvalue weighted by Crippen LogP contribution is 2.24. The van der Waals surface area contributed by atoms with Crippen LogP contribution < -0.4 is 10.6 Å². The van der Waals surface area contributed by atoms with E-state index in [1.807, 2.05) is 0 Å². The number of carbonyl (C=O) groups excluding carboxylic acids is 1. The van der Waals surface area contributed by atoms with E-state index in [4.69, 9.17) is 18.0 Å². The highest BCUT2D eigenvalue weighted by molar-refractivity contribution is 14.1. The maximum Gasteiger partial charge on any atom is 0.261 e. The van der Waals surface area contributed by atoms with Crippen molar-refractivity contribution in [3.05, 3.63) is 57.2 Å². The Morgan fingerprint density at radius 1 is 1.29 bits per heavy atom. The summed E-state index contributed by atoms with van der Waals surface area (Å²) in [6.07, 6.45) is 0. The van der Waals surface area contributed by atoms with E-state index in [2.05, 4.69) is 22.6 Å². The fourth-order valence-corrected chi connectivity index (χ4v) is 2.46. The Kier molecular flexibility index (Phi) is 4.79. The average Bonchev–Trinajstić information content (AvgIpc) is 2.48. The molecule has 0 atom stereocenters. The smallest absolute Gasteiger partial charge is 0.261 e. The van der Waals surface area contributed by atoms with Crippen LogP contribution in [0.3, 0.4) is 0 Å². The molecule has 0 spiro atoms. The number of hydrogen-bond acceptors (Lipinski definition) is 3. The van der Waals surface area contributed by atoms with E-state index in [9.17, 15) is 9.90 Å². The second kappa shape index (κ2) is 6.40. The van der Waals surface area contributed by atoms with E-state index in [0.717, 1.165) is 3.57 Å². The van der Waals surface area contributed by atoms with E-state index in [1.165, 1.54) is 11.0 Å². The minimum atomic E-state index is -0.300. The molecular formula is C15H13IN2O2S. The fourth-order valence-electron chi connectivity index (χ4n) is 1.85. The standard InChI is InChI=1S/C15H13IN2O2S/c1-18(11-4-2-3-9(7-11)14(17)21)15(20)12-8-10(16)5-6-13(12)19/h2-8,19H,1H3,(H2,17,21). The first-order valence-electron chi connectivity index (χ1n) is 6.06. The van der Waals surface area contributed by atoms with Gasteiger partial charge in [-0.2, -0.15) is 0 Å². The van der Waals surface area contributed by atoms with Crippen LogP contribution in [0.4, 0.5) is 5.69 Å². The fraction of sp³-hybridized carbons (Fsp3) is 0.0667. The maximum atomic E-state index is 12.5. The van der Waals surface area contributed by atoms with Gasteiger partial charge in [0.1, 0.15) is 10.7 Å². The third-order valence-corrected chi connectivity index (χ3v) is 3.92. The number of benzene rings is 2. The van der Waals surface area contributed by atoms with Gasteiger partial charge in [0, 0.05) is 21.9 Å². The number of phenols is 1. The number of thiocarbonyl (C=S) groups is 1. The summed E-state index contributed by atoms with van der Waals surface area (Å²) in [6, 6.07) is 12.0. The Morgan fingerprint density at radius 3 is 2.67 bits per heavy atom. The molecule has 108 valence electrons. The van der Waals surface area contributed by atoms with Gasteiger partial charge in [-0.15, -0.1) is 0 Å². The van der Waals surface area contributed by atoms with Crippen LogP contribution in [0.15, 0.2) is 42.5 Å². The van der Waals surface area contributed by atoms with E-state index in [0.29, 0.717) is 11.3 Å². The number of aromatic hydroxyl groups is 1. The highest BCUT2D eigenvalue weighted by Gasteiger charge is 2.18. The largest absolute Gasteiger partial charge is 0.507 e. The molecule has 0 bridgehead atoms. The van der Waals surface area contributed by atoms with Gasteiger partial charge in [-0.05, 0) is 52.9 Å². The zero-order valence-electron chi connectivity index (χ0n) is 11.2. The zero-order chi connectivity index (χ0) is 15.6. The summed E-state index contributed by atoms with van der Waals surface area (Å²) in [5.74, 6) is -0.344. The number of amides is 1. The molecule has 0 saturated carbocycles. The van der Waals surface area contributed by atoms with Crippen molar-refractivity contribution in [2.75, 3.05) is 11.9 Å². The molecule has 2 aromatic carbocycles. The van der Waals surface area contributed by atoms with Crippen molar-refractivity contribution in [2.45, 2.75) is 0 Å². The molecule has 0 aliphatic carbocycles. The third-order valence-electron chi connectivity index (χ3n) is 3.01. The van der Waals surface area contributed by atoms with Crippen LogP contribution in [-0.2, 0) is 0 Å². The molecule has 0 fully saturated rings. The molecule has 0 aromatic heterocycles. The summed E-state index contributed by atoms with van der Waals surface area (Å²) < 4.78 is 0.874. The Morgan fingerprint density at radius 2 is 2.00 bits per heavy atom. The average molecular weight is 412 g/mol. The highest BCUT2D eigenvalue weighted by atomic mass is 127. The normalized spacial score (nSPS) is 10.2. The van der Waals surface area contributed by atoms with Crippen molar-refractivity contribution >= 4 is 51.4 Å². The summed E-state index contributed by atoms with van der Waals surface area (Å²) in [4.78, 5) is 14.2. The van der Waals surface area contributed by atoms with Gasteiger partial charge >= 0.3 is 0 Å². The Hall–Kier alpha value is -1.67. The van der Waals surface area contributed by atoms with E-state index < -0.39 is 0 Å². The lowest BCUT2D eigenvalue weighted by Crippen LogP contribution is -2.26. The van der Waals surface area contributed by atoms with Gasteiger partial charge in [0.15, 0.2) is 0 Å². The molecule has 0 heterocycles. The molecule has 0 aliphatic rings. The third kappa shape index (κ3) is 3.51. The molecule has 0 radical (unpaired) electrons. The lowest BCUT2D eigenvalue weighted by atomic mass is 10.1. The summed E-state index contributed by atoms with van der Waals surface area (Å²) in [6.45, 7) is 0. The van der Waals surface area contributed by atoms with Crippen LogP contribution in [0.25, 0.3) is 0 Å². The monoisotopic (exact) mass is 412 g/mol. The Bertz CT molecular complexity index is 719. The van der Waals surface area contributed by atoms with Gasteiger partial charge in [0.2, 0.25) is 0 Å². The summed E-state index contributed by atoms with van der Waals surface area (Å²) in [5.41, 5.74) is 7.20. The van der Waals surface area contributed by atoms with Crippen molar-refractivity contribution in [1.29, 1.82) is 0 Å². The molecule has 1 amide bonds. The molecule has 0 saturated heterocycles. The number of phenolic OH excluding ortho intramolecular Hbond substituents is 1. The first kappa shape index (κ1) is 15.7. The maximum absolute atomic E-state index is 12.5. The van der Waals surface area contributed by atoms with E-state index in [-0.39, 0.29) is 22.2 Å². The Balaban J connectivity index is 2.37. The van der Waals surface area contributed by atoms with Gasteiger partial charge in [0.25, 0.3) is 5.91 Å². The van der Waals surface area contributed by atoms with Gasteiger partial charge in [-0.3, -0.25) is 4.79 Å². The van der Waals surface area contributed by atoms with E-state index in [1.54, 1.807) is 43.4 Å². The second-order valence-electron chi connectivity index (χ2n) is 4.44. The first-order valence-corrected chi connectivity index (χ1v) is 7.55. The van der Waals surface area contributed by atoms with Gasteiger partial charge < -0.3 is 15.7 Å². The van der Waals surface area contributed by atoms with Crippen molar-refractivity contribution < 1.29 is 9.90 Å². The SMILES string of the molecule is CN(C(=O)c1cc(I)ccc1O)c1cccc(C(N)=S)c1. The van der Waals surface area contributed by atoms with Crippen LogP contribution >= 0.6 is 34.8 Å². The second-order valence-corrected chi connectivity index (χ2v) is 6.13. The summed E-state index contributed by atoms with van der Waals surface area (Å²) in [5, 5.41) is 9.85. The van der Waals surface area contributed by atoms with Crippen LogP contribution in [-0.4, -0.2) is 23.0 Å². The topological polar surface area (TPSA) is 66.6 Å². The Labute approximate surface area is 141 Å². The molecular weight excluding hydrogens is 399 g/mol. The first-order chi connectivity index (χ1) is 9.90. The number of rotatable bonds is 3. The van der Waals surface area contributed by atoms with Gasteiger partial charge in [-0.25, -0.2) is 0 Å². The van der Waals surface area contributed by atoms with Gasteiger partial charge in [-0.1, -0.05) is 24.4 Å². The minimum Gasteiger partial charge on any atom is -0.507 e. The van der Waals surface area contributed by atoms with Crippen molar-refractivity contribution in [2.24, 2.45) is 5.73 Å². The predicted molar refractivity (Wildman–Crippen MR) is 95.9 cm³/mol. The van der Waals surface area contributed by atoms with Crippen LogP contribution in [0.2, 0.25) is 0 Å². The van der Waals surface area contributed by atoms with Crippen molar-refractivity contribution in [3.63, 3.8) is 0 Å². The molecule has 3 N–H and O–H groups in total. The number of nitrogens with zero attached hydrogens (tertiary/aromatic N) is 1. The van der Waals surface area contributed by atoms with Gasteiger partial charge in [0.05, 0.1) is 5.56 Å². The minimum absolute atomic E-state index is 0.0437. The molecule has 0 aliphatic heterocycles. The summed E-state index contributed by atoms with van der Waals surface area (Å²) >= 11 is 7.03. The lowest BCUT2D eigenvalue weighted by Gasteiger charge is -2.19. The van der Waals surface area contributed by atoms with Crippen LogP contribution in [0, 0.1) is 3.57 Å². The number of halogens is 1. The quantitative estimate of drug-likeness (QED) is 0.601. The van der Waals surface area contributed by atoms with Crippen molar-refractivity contribution in [3.8, 4) is 5.75 Å². The molecule has 6 heteroatoms.